The van der Waals surface area contributed by atoms with Crippen molar-refractivity contribution in [3.05, 3.63) is 65.9 Å². The van der Waals surface area contributed by atoms with E-state index in [9.17, 15) is 9.59 Å². The standard InChI is InChI=1S/C18H14N6O2S/c19-15-12(16(25)23-20)9-21-24(15)18(26)11-7-5-10(6-8-11)17-22-13-3-1-2-4-14(13)27-17/h1-9H,19-20H2,(H,23,25). The van der Waals surface area contributed by atoms with Gasteiger partial charge in [0, 0.05) is 11.1 Å². The lowest BCUT2D eigenvalue weighted by atomic mass is 10.1. The summed E-state index contributed by atoms with van der Waals surface area (Å²) in [7, 11) is 0. The molecule has 0 unspecified atom stereocenters. The fourth-order valence-electron chi connectivity index (χ4n) is 2.65. The van der Waals surface area contributed by atoms with Crippen molar-refractivity contribution in [3.63, 3.8) is 0 Å². The predicted molar refractivity (Wildman–Crippen MR) is 103 cm³/mol. The van der Waals surface area contributed by atoms with Gasteiger partial charge in [-0.25, -0.2) is 10.8 Å². The van der Waals surface area contributed by atoms with E-state index in [1.54, 1.807) is 23.5 Å². The molecular weight excluding hydrogens is 364 g/mol. The number of thiazole rings is 1. The number of hydrazine groups is 1. The van der Waals surface area contributed by atoms with E-state index < -0.39 is 11.8 Å². The van der Waals surface area contributed by atoms with E-state index in [4.69, 9.17) is 11.6 Å². The molecule has 4 rings (SSSR count). The first-order valence-corrected chi connectivity index (χ1v) is 8.75. The molecule has 0 radical (unpaired) electrons. The van der Waals surface area contributed by atoms with Crippen LogP contribution in [0.3, 0.4) is 0 Å². The van der Waals surface area contributed by atoms with Gasteiger partial charge in [0.15, 0.2) is 0 Å². The molecule has 0 aliphatic carbocycles. The molecule has 0 atom stereocenters. The van der Waals surface area contributed by atoms with Gasteiger partial charge in [-0.1, -0.05) is 24.3 Å². The van der Waals surface area contributed by atoms with Gasteiger partial charge in [0.05, 0.1) is 16.4 Å². The number of carbonyl (C=O) groups is 2. The minimum absolute atomic E-state index is 0.0388. The lowest BCUT2D eigenvalue weighted by Crippen LogP contribution is -2.30. The first-order valence-electron chi connectivity index (χ1n) is 7.93. The number of hydrogen-bond donors (Lipinski definition) is 3. The number of para-hydroxylation sites is 1. The molecular formula is C18H14N6O2S. The topological polar surface area (TPSA) is 129 Å². The molecule has 1 amide bonds. The monoisotopic (exact) mass is 378 g/mol. The average Bonchev–Trinajstić information content (AvgIpc) is 3.30. The second-order valence-electron chi connectivity index (χ2n) is 5.70. The van der Waals surface area contributed by atoms with Crippen LogP contribution in [0.15, 0.2) is 54.7 Å². The predicted octanol–water partition coefficient (Wildman–Crippen LogP) is 2.03. The fraction of sp³-hybridized carbons (Fsp3) is 0. The Morgan fingerprint density at radius 1 is 1.07 bits per heavy atom. The Bertz CT molecular complexity index is 1130. The molecule has 8 nitrogen and oxygen atoms in total. The number of rotatable bonds is 3. The maximum atomic E-state index is 12.6. The number of nitrogens with one attached hydrogen (secondary N) is 1. The molecule has 0 fully saturated rings. The Morgan fingerprint density at radius 3 is 2.52 bits per heavy atom. The van der Waals surface area contributed by atoms with Crippen LogP contribution in [0.5, 0.6) is 0 Å². The molecule has 2 aromatic carbocycles. The molecule has 0 saturated carbocycles. The van der Waals surface area contributed by atoms with Gasteiger partial charge in [0.1, 0.15) is 16.4 Å². The number of amides is 1. The fourth-order valence-corrected chi connectivity index (χ4v) is 3.62. The molecule has 9 heteroatoms. The lowest BCUT2D eigenvalue weighted by molar-refractivity contribution is 0.0947. The van der Waals surface area contributed by atoms with E-state index in [1.165, 1.54) is 6.20 Å². The van der Waals surface area contributed by atoms with Gasteiger partial charge >= 0.3 is 0 Å². The summed E-state index contributed by atoms with van der Waals surface area (Å²) in [5.74, 6) is 3.96. The number of anilines is 1. The summed E-state index contributed by atoms with van der Waals surface area (Å²) >= 11 is 1.58. The minimum atomic E-state index is -0.613. The quantitative estimate of drug-likeness (QED) is 0.284. The SMILES string of the molecule is NNC(=O)c1cnn(C(=O)c2ccc(-c3nc4ccccc4s3)cc2)c1N. The Morgan fingerprint density at radius 2 is 1.81 bits per heavy atom. The number of hydrogen-bond acceptors (Lipinski definition) is 7. The van der Waals surface area contributed by atoms with Gasteiger partial charge in [-0.05, 0) is 24.3 Å². The van der Waals surface area contributed by atoms with Crippen molar-refractivity contribution in [2.24, 2.45) is 5.84 Å². The minimum Gasteiger partial charge on any atom is -0.383 e. The highest BCUT2D eigenvalue weighted by molar-refractivity contribution is 7.21. The largest absolute Gasteiger partial charge is 0.383 e. The van der Waals surface area contributed by atoms with Crippen molar-refractivity contribution < 1.29 is 9.59 Å². The normalized spacial score (nSPS) is 10.9. The van der Waals surface area contributed by atoms with Crippen LogP contribution >= 0.6 is 11.3 Å². The third-order valence-corrected chi connectivity index (χ3v) is 5.13. The van der Waals surface area contributed by atoms with E-state index in [2.05, 4.69) is 10.1 Å². The summed E-state index contributed by atoms with van der Waals surface area (Å²) in [6.45, 7) is 0. The van der Waals surface area contributed by atoms with Crippen LogP contribution in [-0.2, 0) is 0 Å². The van der Waals surface area contributed by atoms with E-state index in [1.807, 2.05) is 41.8 Å². The van der Waals surface area contributed by atoms with Crippen molar-refractivity contribution in [2.45, 2.75) is 0 Å². The van der Waals surface area contributed by atoms with Crippen LogP contribution in [-0.4, -0.2) is 26.6 Å². The summed E-state index contributed by atoms with van der Waals surface area (Å²) in [5.41, 5.74) is 10.1. The summed E-state index contributed by atoms with van der Waals surface area (Å²) in [5, 5.41) is 4.76. The van der Waals surface area contributed by atoms with Crippen LogP contribution in [0.4, 0.5) is 5.82 Å². The number of fused-ring (bicyclic) bond motifs is 1. The molecule has 5 N–H and O–H groups in total. The first-order chi connectivity index (χ1) is 13.1. The molecule has 0 aliphatic heterocycles. The summed E-state index contributed by atoms with van der Waals surface area (Å²) < 4.78 is 2.07. The number of benzene rings is 2. The Kier molecular flexibility index (Phi) is 4.15. The third-order valence-electron chi connectivity index (χ3n) is 4.05. The highest BCUT2D eigenvalue weighted by atomic mass is 32.1. The van der Waals surface area contributed by atoms with Crippen molar-refractivity contribution in [1.29, 1.82) is 0 Å². The Labute approximate surface area is 157 Å². The highest BCUT2D eigenvalue weighted by Gasteiger charge is 2.19. The highest BCUT2D eigenvalue weighted by Crippen LogP contribution is 2.30. The lowest BCUT2D eigenvalue weighted by Gasteiger charge is -2.05. The second kappa shape index (κ2) is 6.63. The second-order valence-corrected chi connectivity index (χ2v) is 6.73. The van der Waals surface area contributed by atoms with Crippen LogP contribution < -0.4 is 17.0 Å². The van der Waals surface area contributed by atoms with Crippen LogP contribution in [0, 0.1) is 0 Å². The van der Waals surface area contributed by atoms with Crippen molar-refractivity contribution in [2.75, 3.05) is 5.73 Å². The van der Waals surface area contributed by atoms with E-state index in [0.29, 0.717) is 5.56 Å². The number of nitrogen functional groups attached to an aromatic ring is 2. The zero-order valence-corrected chi connectivity index (χ0v) is 14.7. The summed E-state index contributed by atoms with van der Waals surface area (Å²) in [4.78, 5) is 28.8. The molecule has 2 heterocycles. The maximum Gasteiger partial charge on any atom is 0.280 e. The molecule has 0 saturated heterocycles. The summed E-state index contributed by atoms with van der Waals surface area (Å²) in [6, 6.07) is 14.9. The summed E-state index contributed by atoms with van der Waals surface area (Å²) in [6.07, 6.45) is 1.20. The molecule has 134 valence electrons. The molecule has 0 aliphatic rings. The van der Waals surface area contributed by atoms with Gasteiger partial charge in [-0.3, -0.25) is 15.0 Å². The maximum absolute atomic E-state index is 12.6. The molecule has 2 aromatic heterocycles. The molecule has 27 heavy (non-hydrogen) atoms. The van der Waals surface area contributed by atoms with Gasteiger partial charge < -0.3 is 5.73 Å². The number of carbonyl (C=O) groups excluding carboxylic acids is 2. The number of aromatic nitrogens is 3. The zero-order chi connectivity index (χ0) is 19.0. The van der Waals surface area contributed by atoms with Crippen LogP contribution in [0.2, 0.25) is 0 Å². The van der Waals surface area contributed by atoms with Crippen molar-refractivity contribution in [1.82, 2.24) is 20.2 Å². The Hall–Kier alpha value is -3.56. The van der Waals surface area contributed by atoms with Crippen LogP contribution in [0.25, 0.3) is 20.8 Å². The van der Waals surface area contributed by atoms with Gasteiger partial charge in [-0.2, -0.15) is 9.78 Å². The van der Waals surface area contributed by atoms with Crippen molar-refractivity contribution >= 4 is 39.2 Å². The number of nitrogens with two attached hydrogens (primary N) is 2. The molecule has 0 spiro atoms. The average molecular weight is 378 g/mol. The zero-order valence-electron chi connectivity index (χ0n) is 13.9. The Balaban J connectivity index is 1.63. The van der Waals surface area contributed by atoms with Crippen LogP contribution in [0.1, 0.15) is 20.7 Å². The smallest absolute Gasteiger partial charge is 0.280 e. The number of nitrogens with zero attached hydrogens (tertiary/aromatic N) is 3. The van der Waals surface area contributed by atoms with Gasteiger partial charge in [-0.15, -0.1) is 11.3 Å². The van der Waals surface area contributed by atoms with E-state index >= 15 is 0 Å². The third kappa shape index (κ3) is 2.94. The molecule has 4 aromatic rings. The van der Waals surface area contributed by atoms with Gasteiger partial charge in [0.25, 0.3) is 11.8 Å². The van der Waals surface area contributed by atoms with E-state index in [0.717, 1.165) is 25.5 Å². The molecule has 0 bridgehead atoms. The van der Waals surface area contributed by atoms with E-state index in [-0.39, 0.29) is 11.4 Å². The van der Waals surface area contributed by atoms with Crippen molar-refractivity contribution in [3.8, 4) is 10.6 Å². The van der Waals surface area contributed by atoms with Gasteiger partial charge in [0.2, 0.25) is 0 Å². The first kappa shape index (κ1) is 16.9.